The molecule has 0 saturated carbocycles. The van der Waals surface area contributed by atoms with E-state index >= 15 is 0 Å². The van der Waals surface area contributed by atoms with Crippen molar-refractivity contribution in [3.8, 4) is 11.4 Å². The van der Waals surface area contributed by atoms with E-state index in [0.29, 0.717) is 17.1 Å². The van der Waals surface area contributed by atoms with Gasteiger partial charge in [-0.3, -0.25) is 4.79 Å². The first-order chi connectivity index (χ1) is 14.6. The maximum absolute atomic E-state index is 13.3. The summed E-state index contributed by atoms with van der Waals surface area (Å²) in [5.74, 6) is -0.607. The Balaban J connectivity index is 1.52. The van der Waals surface area contributed by atoms with Crippen LogP contribution in [0.1, 0.15) is 28.2 Å². The predicted molar refractivity (Wildman–Crippen MR) is 113 cm³/mol. The lowest BCUT2D eigenvalue weighted by molar-refractivity contribution is 0.102. The van der Waals surface area contributed by atoms with Gasteiger partial charge in [-0.1, -0.05) is 15.9 Å². The van der Waals surface area contributed by atoms with Gasteiger partial charge in [0.25, 0.3) is 5.91 Å². The minimum atomic E-state index is -0.309. The zero-order valence-electron chi connectivity index (χ0n) is 15.7. The standard InChI is InChI=1S/C21H16BrFN6O/c22-13-4-9-19(28-12-24-11-25-28)17(10-13)26-21(30)20-16-2-1-3-18(16)29(27-20)15-7-5-14(23)6-8-15/h4-12H,1-3H2,(H,26,30). The molecule has 4 aromatic rings. The van der Waals surface area contributed by atoms with Crippen molar-refractivity contribution in [2.24, 2.45) is 0 Å². The number of halogens is 2. The summed E-state index contributed by atoms with van der Waals surface area (Å²) >= 11 is 3.45. The molecular weight excluding hydrogens is 451 g/mol. The first-order valence-electron chi connectivity index (χ1n) is 9.43. The number of fused-ring (bicyclic) bond motifs is 1. The topological polar surface area (TPSA) is 77.6 Å². The van der Waals surface area contributed by atoms with Gasteiger partial charge in [-0.05, 0) is 61.7 Å². The minimum Gasteiger partial charge on any atom is -0.319 e. The number of hydrogen-bond donors (Lipinski definition) is 1. The van der Waals surface area contributed by atoms with E-state index in [-0.39, 0.29) is 11.7 Å². The second-order valence-electron chi connectivity index (χ2n) is 6.97. The Hall–Kier alpha value is -3.33. The van der Waals surface area contributed by atoms with Crippen molar-refractivity contribution < 1.29 is 9.18 Å². The van der Waals surface area contributed by atoms with Gasteiger partial charge < -0.3 is 5.32 Å². The zero-order valence-corrected chi connectivity index (χ0v) is 17.3. The number of carbonyl (C=O) groups excluding carboxylic acids is 1. The smallest absolute Gasteiger partial charge is 0.276 e. The number of carbonyl (C=O) groups is 1. The molecule has 0 spiro atoms. The predicted octanol–water partition coefficient (Wildman–Crippen LogP) is 4.10. The Bertz CT molecular complexity index is 1230. The van der Waals surface area contributed by atoms with Crippen molar-refractivity contribution in [3.63, 3.8) is 0 Å². The molecule has 1 N–H and O–H groups in total. The van der Waals surface area contributed by atoms with Crippen molar-refractivity contribution >= 4 is 27.5 Å². The summed E-state index contributed by atoms with van der Waals surface area (Å²) in [5.41, 5.74) is 4.34. The molecule has 30 heavy (non-hydrogen) atoms. The molecule has 0 unspecified atom stereocenters. The van der Waals surface area contributed by atoms with Crippen LogP contribution in [0.4, 0.5) is 10.1 Å². The number of nitrogens with zero attached hydrogens (tertiary/aromatic N) is 5. The summed E-state index contributed by atoms with van der Waals surface area (Å²) < 4.78 is 17.5. The highest BCUT2D eigenvalue weighted by atomic mass is 79.9. The van der Waals surface area contributed by atoms with Crippen LogP contribution in [-0.4, -0.2) is 30.5 Å². The zero-order chi connectivity index (χ0) is 20.7. The lowest BCUT2D eigenvalue weighted by Gasteiger charge is -2.11. The van der Waals surface area contributed by atoms with Gasteiger partial charge in [-0.15, -0.1) is 0 Å². The molecule has 0 bridgehead atoms. The highest BCUT2D eigenvalue weighted by Crippen LogP contribution is 2.30. The molecule has 0 radical (unpaired) electrons. The van der Waals surface area contributed by atoms with Crippen LogP contribution in [0, 0.1) is 5.82 Å². The molecule has 150 valence electrons. The number of hydrogen-bond acceptors (Lipinski definition) is 4. The average molecular weight is 467 g/mol. The van der Waals surface area contributed by atoms with Gasteiger partial charge in [0.05, 0.1) is 17.1 Å². The van der Waals surface area contributed by atoms with Gasteiger partial charge in [0.1, 0.15) is 18.5 Å². The fourth-order valence-electron chi connectivity index (χ4n) is 3.74. The Morgan fingerprint density at radius 2 is 1.97 bits per heavy atom. The molecule has 1 aliphatic carbocycles. The molecule has 1 aliphatic rings. The Morgan fingerprint density at radius 1 is 1.13 bits per heavy atom. The number of aromatic nitrogens is 5. The summed E-state index contributed by atoms with van der Waals surface area (Å²) in [6, 6.07) is 11.6. The Kier molecular flexibility index (Phi) is 4.66. The third kappa shape index (κ3) is 3.30. The van der Waals surface area contributed by atoms with E-state index in [4.69, 9.17) is 0 Å². The van der Waals surface area contributed by atoms with Gasteiger partial charge in [0.2, 0.25) is 0 Å². The van der Waals surface area contributed by atoms with Crippen LogP contribution in [0.25, 0.3) is 11.4 Å². The highest BCUT2D eigenvalue weighted by molar-refractivity contribution is 9.10. The van der Waals surface area contributed by atoms with E-state index in [1.165, 1.54) is 18.5 Å². The molecule has 0 fully saturated rings. The van der Waals surface area contributed by atoms with Crippen molar-refractivity contribution in [3.05, 3.63) is 82.4 Å². The normalized spacial score (nSPS) is 12.7. The second-order valence-corrected chi connectivity index (χ2v) is 7.89. The van der Waals surface area contributed by atoms with Gasteiger partial charge >= 0.3 is 0 Å². The van der Waals surface area contributed by atoms with Crippen LogP contribution < -0.4 is 5.32 Å². The number of benzene rings is 2. The van der Waals surface area contributed by atoms with E-state index < -0.39 is 0 Å². The quantitative estimate of drug-likeness (QED) is 0.491. The fraction of sp³-hybridized carbons (Fsp3) is 0.143. The van der Waals surface area contributed by atoms with E-state index in [1.807, 2.05) is 18.2 Å². The molecule has 0 atom stereocenters. The average Bonchev–Trinajstić information content (AvgIpc) is 3.47. The maximum Gasteiger partial charge on any atom is 0.276 e. The number of rotatable bonds is 4. The van der Waals surface area contributed by atoms with Gasteiger partial charge in [-0.2, -0.15) is 10.2 Å². The summed E-state index contributed by atoms with van der Waals surface area (Å²) in [6.45, 7) is 0. The molecule has 9 heteroatoms. The lowest BCUT2D eigenvalue weighted by atomic mass is 10.2. The lowest BCUT2D eigenvalue weighted by Crippen LogP contribution is -2.16. The van der Waals surface area contributed by atoms with Crippen LogP contribution in [0.15, 0.2) is 59.6 Å². The largest absolute Gasteiger partial charge is 0.319 e. The van der Waals surface area contributed by atoms with Gasteiger partial charge in [0, 0.05) is 15.7 Å². The molecule has 5 rings (SSSR count). The van der Waals surface area contributed by atoms with Crippen LogP contribution in [-0.2, 0) is 12.8 Å². The second kappa shape index (κ2) is 7.49. The van der Waals surface area contributed by atoms with Crippen LogP contribution in [0.5, 0.6) is 0 Å². The molecule has 0 aliphatic heterocycles. The number of nitrogens with one attached hydrogen (secondary N) is 1. The molecule has 2 aromatic heterocycles. The Morgan fingerprint density at radius 3 is 2.73 bits per heavy atom. The van der Waals surface area contributed by atoms with E-state index in [1.54, 1.807) is 27.8 Å². The Labute approximate surface area is 179 Å². The molecular formula is C21H16BrFN6O. The van der Waals surface area contributed by atoms with Crippen molar-refractivity contribution in [2.45, 2.75) is 19.3 Å². The molecule has 2 heterocycles. The molecule has 2 aromatic carbocycles. The first kappa shape index (κ1) is 18.7. The monoisotopic (exact) mass is 466 g/mol. The van der Waals surface area contributed by atoms with E-state index in [2.05, 4.69) is 36.4 Å². The van der Waals surface area contributed by atoms with Crippen molar-refractivity contribution in [1.82, 2.24) is 24.5 Å². The van der Waals surface area contributed by atoms with Gasteiger partial charge in [-0.25, -0.2) is 18.7 Å². The summed E-state index contributed by atoms with van der Waals surface area (Å²) in [5, 5.41) is 11.7. The SMILES string of the molecule is O=C(Nc1cc(Br)ccc1-n1cncn1)c1nn(-c2ccc(F)cc2)c2c1CCC2. The van der Waals surface area contributed by atoms with Crippen LogP contribution in [0.3, 0.4) is 0 Å². The molecule has 1 amide bonds. The summed E-state index contributed by atoms with van der Waals surface area (Å²) in [7, 11) is 0. The molecule has 7 nitrogen and oxygen atoms in total. The third-order valence-electron chi connectivity index (χ3n) is 5.09. The summed E-state index contributed by atoms with van der Waals surface area (Å²) in [6.07, 6.45) is 5.57. The van der Waals surface area contributed by atoms with Crippen molar-refractivity contribution in [1.29, 1.82) is 0 Å². The maximum atomic E-state index is 13.3. The number of anilines is 1. The van der Waals surface area contributed by atoms with Crippen LogP contribution in [0.2, 0.25) is 0 Å². The first-order valence-corrected chi connectivity index (χ1v) is 10.2. The van der Waals surface area contributed by atoms with Crippen molar-refractivity contribution in [2.75, 3.05) is 5.32 Å². The van der Waals surface area contributed by atoms with Crippen LogP contribution >= 0.6 is 15.9 Å². The highest BCUT2D eigenvalue weighted by Gasteiger charge is 2.27. The minimum absolute atomic E-state index is 0.298. The third-order valence-corrected chi connectivity index (χ3v) is 5.58. The molecule has 0 saturated heterocycles. The van der Waals surface area contributed by atoms with E-state index in [0.717, 1.165) is 40.7 Å². The van der Waals surface area contributed by atoms with Gasteiger partial charge in [0.15, 0.2) is 5.69 Å². The van der Waals surface area contributed by atoms with E-state index in [9.17, 15) is 9.18 Å². The number of amides is 1. The fourth-order valence-corrected chi connectivity index (χ4v) is 4.10. The summed E-state index contributed by atoms with van der Waals surface area (Å²) in [4.78, 5) is 17.2.